The summed E-state index contributed by atoms with van der Waals surface area (Å²) in [6.45, 7) is 1.48. The number of nitrogens with zero attached hydrogens (tertiary/aromatic N) is 2. The normalized spacial score (nSPS) is 16.8. The van der Waals surface area contributed by atoms with Crippen molar-refractivity contribution in [1.82, 2.24) is 14.5 Å². The van der Waals surface area contributed by atoms with Gasteiger partial charge in [0.1, 0.15) is 0 Å². The number of amides is 2. The number of sulfonamides is 1. The summed E-state index contributed by atoms with van der Waals surface area (Å²) in [5.74, 6) is -0.261. The fraction of sp³-hybridized carbons (Fsp3) is 0.391. The van der Waals surface area contributed by atoms with Crippen LogP contribution >= 0.6 is 0 Å². The Balaban J connectivity index is 1.38. The first-order valence-corrected chi connectivity index (χ1v) is 12.0. The lowest BCUT2D eigenvalue weighted by molar-refractivity contribution is 0.0784. The van der Waals surface area contributed by atoms with Gasteiger partial charge < -0.3 is 10.2 Å². The van der Waals surface area contributed by atoms with Crippen molar-refractivity contribution in [3.63, 3.8) is 0 Å². The number of carbonyl (C=O) groups excluding carboxylic acids is 2. The van der Waals surface area contributed by atoms with Crippen LogP contribution in [0.25, 0.3) is 0 Å². The quantitative estimate of drug-likeness (QED) is 0.716. The highest BCUT2D eigenvalue weighted by Gasteiger charge is 2.27. The second-order valence-electron chi connectivity index (χ2n) is 8.24. The molecule has 164 valence electrons. The summed E-state index contributed by atoms with van der Waals surface area (Å²) in [6.07, 6.45) is 3.85. The van der Waals surface area contributed by atoms with Gasteiger partial charge in [-0.2, -0.15) is 4.31 Å². The topological polar surface area (TPSA) is 86.8 Å². The van der Waals surface area contributed by atoms with Crippen LogP contribution in [0.3, 0.4) is 0 Å². The van der Waals surface area contributed by atoms with E-state index in [0.29, 0.717) is 36.8 Å². The van der Waals surface area contributed by atoms with Crippen molar-refractivity contribution in [2.24, 2.45) is 0 Å². The predicted molar refractivity (Wildman–Crippen MR) is 117 cm³/mol. The summed E-state index contributed by atoms with van der Waals surface area (Å²) in [6, 6.07) is 13.7. The van der Waals surface area contributed by atoms with Gasteiger partial charge in [0.25, 0.3) is 11.8 Å². The van der Waals surface area contributed by atoms with Crippen LogP contribution in [0.5, 0.6) is 0 Å². The van der Waals surface area contributed by atoms with Crippen LogP contribution in [0.2, 0.25) is 0 Å². The van der Waals surface area contributed by atoms with Gasteiger partial charge >= 0.3 is 0 Å². The van der Waals surface area contributed by atoms with Gasteiger partial charge in [-0.25, -0.2) is 8.42 Å². The molecule has 0 radical (unpaired) electrons. The molecular weight excluding hydrogens is 414 g/mol. The Labute approximate surface area is 183 Å². The molecule has 1 saturated heterocycles. The van der Waals surface area contributed by atoms with Crippen LogP contribution in [0, 0.1) is 0 Å². The second-order valence-corrected chi connectivity index (χ2v) is 10.2. The van der Waals surface area contributed by atoms with Crippen molar-refractivity contribution in [3.05, 3.63) is 65.2 Å². The van der Waals surface area contributed by atoms with Gasteiger partial charge in [-0.1, -0.05) is 12.1 Å². The van der Waals surface area contributed by atoms with E-state index in [-0.39, 0.29) is 16.7 Å². The molecule has 2 fully saturated rings. The maximum Gasteiger partial charge on any atom is 0.253 e. The van der Waals surface area contributed by atoms with E-state index in [1.807, 2.05) is 12.1 Å². The summed E-state index contributed by atoms with van der Waals surface area (Å²) in [4.78, 5) is 26.6. The highest BCUT2D eigenvalue weighted by atomic mass is 32.2. The number of hydrogen-bond acceptors (Lipinski definition) is 4. The van der Waals surface area contributed by atoms with Crippen LogP contribution in [-0.2, 0) is 16.6 Å². The lowest BCUT2D eigenvalue weighted by Crippen LogP contribution is -2.28. The zero-order valence-electron chi connectivity index (χ0n) is 17.6. The molecule has 1 aliphatic heterocycles. The summed E-state index contributed by atoms with van der Waals surface area (Å²) < 4.78 is 26.8. The average molecular weight is 442 g/mol. The minimum absolute atomic E-state index is 0.0672. The molecule has 7 nitrogen and oxygen atoms in total. The van der Waals surface area contributed by atoms with Crippen molar-refractivity contribution >= 4 is 21.8 Å². The Kier molecular flexibility index (Phi) is 6.11. The highest BCUT2D eigenvalue weighted by Crippen LogP contribution is 2.22. The van der Waals surface area contributed by atoms with Gasteiger partial charge in [-0.3, -0.25) is 9.59 Å². The first-order chi connectivity index (χ1) is 14.8. The van der Waals surface area contributed by atoms with Crippen LogP contribution in [0.15, 0.2) is 53.4 Å². The number of benzene rings is 2. The third kappa shape index (κ3) is 4.97. The monoisotopic (exact) mass is 441 g/mol. The molecule has 0 bridgehead atoms. The number of carbonyl (C=O) groups is 2. The van der Waals surface area contributed by atoms with Gasteiger partial charge in [0.2, 0.25) is 10.0 Å². The number of rotatable bonds is 7. The molecule has 0 atom stereocenters. The van der Waals surface area contributed by atoms with Gasteiger partial charge in [-0.15, -0.1) is 0 Å². The molecular formula is C23H27N3O4S. The molecule has 2 amide bonds. The van der Waals surface area contributed by atoms with Gasteiger partial charge in [0.05, 0.1) is 4.90 Å². The van der Waals surface area contributed by atoms with Crippen molar-refractivity contribution in [2.45, 2.75) is 43.2 Å². The molecule has 0 aromatic heterocycles. The Morgan fingerprint density at radius 1 is 0.968 bits per heavy atom. The lowest BCUT2D eigenvalue weighted by atomic mass is 10.1. The minimum atomic E-state index is -3.49. The van der Waals surface area contributed by atoms with E-state index in [9.17, 15) is 18.0 Å². The molecule has 1 heterocycles. The lowest BCUT2D eigenvalue weighted by Gasteiger charge is -2.19. The molecule has 2 aromatic carbocycles. The van der Waals surface area contributed by atoms with E-state index >= 15 is 0 Å². The Morgan fingerprint density at radius 2 is 1.55 bits per heavy atom. The van der Waals surface area contributed by atoms with E-state index in [4.69, 9.17) is 0 Å². The Hall–Kier alpha value is -2.71. The SMILES string of the molecule is CN(Cc1ccc(C(=O)NC2CC2)cc1)C(=O)c1ccc(S(=O)(=O)N2CCCC2)cc1. The standard InChI is InChI=1S/C23H27N3O4S/c1-25(16-17-4-6-18(7-5-17)22(27)24-20-10-11-20)23(28)19-8-12-21(13-9-19)31(29,30)26-14-2-3-15-26/h4-9,12-13,20H,2-3,10-11,14-16H2,1H3,(H,24,27). The number of nitrogens with one attached hydrogen (secondary N) is 1. The summed E-state index contributed by atoms with van der Waals surface area (Å²) in [5.41, 5.74) is 1.95. The molecule has 1 saturated carbocycles. The van der Waals surface area contributed by atoms with E-state index in [1.165, 1.54) is 16.4 Å². The predicted octanol–water partition coefficient (Wildman–Crippen LogP) is 2.64. The molecule has 31 heavy (non-hydrogen) atoms. The fourth-order valence-corrected chi connectivity index (χ4v) is 5.19. The smallest absolute Gasteiger partial charge is 0.253 e. The first kappa shape index (κ1) is 21.5. The zero-order valence-corrected chi connectivity index (χ0v) is 18.4. The van der Waals surface area contributed by atoms with Gasteiger partial charge in [0, 0.05) is 43.9 Å². The molecule has 1 N–H and O–H groups in total. The van der Waals surface area contributed by atoms with E-state index < -0.39 is 10.0 Å². The third-order valence-corrected chi connectivity index (χ3v) is 7.61. The van der Waals surface area contributed by atoms with Crippen molar-refractivity contribution in [2.75, 3.05) is 20.1 Å². The molecule has 2 aromatic rings. The maximum atomic E-state index is 12.8. The molecule has 0 unspecified atom stereocenters. The highest BCUT2D eigenvalue weighted by molar-refractivity contribution is 7.89. The van der Waals surface area contributed by atoms with E-state index in [1.54, 1.807) is 36.2 Å². The summed E-state index contributed by atoms with van der Waals surface area (Å²) in [5, 5.41) is 2.95. The number of hydrogen-bond donors (Lipinski definition) is 1. The Bertz CT molecular complexity index is 1060. The zero-order chi connectivity index (χ0) is 22.0. The maximum absolute atomic E-state index is 12.8. The minimum Gasteiger partial charge on any atom is -0.349 e. The summed E-state index contributed by atoms with van der Waals surface area (Å²) >= 11 is 0. The molecule has 0 spiro atoms. The van der Waals surface area contributed by atoms with Gasteiger partial charge in [-0.05, 0) is 67.6 Å². The second kappa shape index (κ2) is 8.80. The van der Waals surface area contributed by atoms with Crippen LogP contribution in [0.4, 0.5) is 0 Å². The largest absolute Gasteiger partial charge is 0.349 e. The van der Waals surface area contributed by atoms with Crippen LogP contribution in [0.1, 0.15) is 52.0 Å². The van der Waals surface area contributed by atoms with E-state index in [2.05, 4.69) is 5.32 Å². The third-order valence-electron chi connectivity index (χ3n) is 5.70. The van der Waals surface area contributed by atoms with Crippen molar-refractivity contribution in [1.29, 1.82) is 0 Å². The Morgan fingerprint density at radius 3 is 2.13 bits per heavy atom. The average Bonchev–Trinajstić information content (AvgIpc) is 3.40. The molecule has 2 aliphatic rings. The van der Waals surface area contributed by atoms with E-state index in [0.717, 1.165) is 31.2 Å². The van der Waals surface area contributed by atoms with Gasteiger partial charge in [0.15, 0.2) is 0 Å². The van der Waals surface area contributed by atoms with Crippen molar-refractivity contribution < 1.29 is 18.0 Å². The summed E-state index contributed by atoms with van der Waals surface area (Å²) in [7, 11) is -1.79. The first-order valence-electron chi connectivity index (χ1n) is 10.6. The molecule has 8 heteroatoms. The van der Waals surface area contributed by atoms with Crippen molar-refractivity contribution in [3.8, 4) is 0 Å². The fourth-order valence-electron chi connectivity index (χ4n) is 3.67. The molecule has 4 rings (SSSR count). The van der Waals surface area contributed by atoms with Crippen LogP contribution < -0.4 is 5.32 Å². The molecule has 1 aliphatic carbocycles. The van der Waals surface area contributed by atoms with Crippen LogP contribution in [-0.4, -0.2) is 55.6 Å².